The average Bonchev–Trinajstić information content (AvgIpc) is 2.75. The molecular weight excluding hydrogens is 304 g/mol. The molecule has 6 heteroatoms. The van der Waals surface area contributed by atoms with Crippen LogP contribution in [0.25, 0.3) is 22.3 Å². The fourth-order valence-electron chi connectivity index (χ4n) is 2.44. The highest BCUT2D eigenvalue weighted by Gasteiger charge is 2.21. The second-order valence-electron chi connectivity index (χ2n) is 5.20. The molecule has 3 rings (SSSR count). The molecule has 0 bridgehead atoms. The van der Waals surface area contributed by atoms with Crippen LogP contribution in [-0.2, 0) is 9.84 Å². The number of aromatic hydroxyl groups is 2. The number of hydrogen-bond acceptors (Lipinski definition) is 5. The second kappa shape index (κ2) is 4.78. The fourth-order valence-corrected chi connectivity index (χ4v) is 3.26. The minimum Gasteiger partial charge on any atom is -0.508 e. The summed E-state index contributed by atoms with van der Waals surface area (Å²) in [5.74, 6) is 0.506. The van der Waals surface area contributed by atoms with Crippen molar-refractivity contribution >= 4 is 20.8 Å². The van der Waals surface area contributed by atoms with Crippen LogP contribution in [0.4, 0.5) is 0 Å². The van der Waals surface area contributed by atoms with Gasteiger partial charge in [-0.2, -0.15) is 0 Å². The van der Waals surface area contributed by atoms with E-state index in [1.807, 2.05) is 0 Å². The van der Waals surface area contributed by atoms with E-state index in [0.29, 0.717) is 16.7 Å². The molecule has 5 nitrogen and oxygen atoms in total. The third kappa shape index (κ3) is 2.31. The van der Waals surface area contributed by atoms with Crippen molar-refractivity contribution < 1.29 is 23.0 Å². The summed E-state index contributed by atoms with van der Waals surface area (Å²) in [5, 5.41) is 19.7. The minimum absolute atomic E-state index is 0.0457. The largest absolute Gasteiger partial charge is 0.508 e. The molecule has 0 saturated carbocycles. The first-order valence-corrected chi connectivity index (χ1v) is 8.42. The number of phenols is 2. The Hall–Kier alpha value is -2.47. The minimum atomic E-state index is -3.54. The second-order valence-corrected chi connectivity index (χ2v) is 7.18. The third-order valence-corrected chi connectivity index (χ3v) is 4.62. The normalized spacial score (nSPS) is 11.9. The van der Waals surface area contributed by atoms with Crippen LogP contribution in [-0.4, -0.2) is 24.9 Å². The van der Waals surface area contributed by atoms with Crippen LogP contribution >= 0.6 is 0 Å². The molecule has 1 heterocycles. The molecule has 0 amide bonds. The van der Waals surface area contributed by atoms with Crippen LogP contribution in [0.1, 0.15) is 5.56 Å². The Labute approximate surface area is 127 Å². The van der Waals surface area contributed by atoms with E-state index in [9.17, 15) is 18.6 Å². The van der Waals surface area contributed by atoms with Crippen LogP contribution < -0.4 is 0 Å². The highest BCUT2D eigenvalue weighted by Crippen LogP contribution is 2.38. The zero-order valence-corrected chi connectivity index (χ0v) is 12.8. The fraction of sp³-hybridized carbons (Fsp3) is 0.125. The van der Waals surface area contributed by atoms with Gasteiger partial charge < -0.3 is 14.6 Å². The molecule has 0 aliphatic carbocycles. The number of phenolic OH excluding ortho intramolecular Hbond substituents is 2. The number of fused-ring (bicyclic) bond motifs is 1. The molecule has 2 aromatic carbocycles. The Balaban J connectivity index is 2.36. The Bertz CT molecular complexity index is 966. The van der Waals surface area contributed by atoms with Gasteiger partial charge in [0, 0.05) is 28.8 Å². The van der Waals surface area contributed by atoms with Crippen molar-refractivity contribution in [2.45, 2.75) is 11.8 Å². The Kier molecular flexibility index (Phi) is 3.14. The summed E-state index contributed by atoms with van der Waals surface area (Å²) < 4.78 is 29.6. The molecule has 1 aromatic heterocycles. The molecule has 0 aliphatic heterocycles. The lowest BCUT2D eigenvalue weighted by Crippen LogP contribution is -1.97. The molecule has 0 saturated heterocycles. The first-order valence-electron chi connectivity index (χ1n) is 6.53. The van der Waals surface area contributed by atoms with Crippen molar-refractivity contribution in [2.75, 3.05) is 6.26 Å². The number of sulfone groups is 1. The summed E-state index contributed by atoms with van der Waals surface area (Å²) >= 11 is 0. The molecule has 114 valence electrons. The third-order valence-electron chi connectivity index (χ3n) is 3.52. The van der Waals surface area contributed by atoms with Crippen LogP contribution in [0.15, 0.2) is 45.7 Å². The maximum Gasteiger partial charge on any atom is 0.179 e. The summed E-state index contributed by atoms with van der Waals surface area (Å²) in [6.07, 6.45) is 1.07. The predicted molar refractivity (Wildman–Crippen MR) is 82.8 cm³/mol. The first-order chi connectivity index (χ1) is 10.3. The molecule has 0 spiro atoms. The van der Waals surface area contributed by atoms with Gasteiger partial charge in [0.15, 0.2) is 15.4 Å². The van der Waals surface area contributed by atoms with Crippen LogP contribution in [0.5, 0.6) is 11.5 Å². The van der Waals surface area contributed by atoms with Gasteiger partial charge in [0.1, 0.15) is 22.2 Å². The van der Waals surface area contributed by atoms with E-state index in [1.165, 1.54) is 24.3 Å². The first kappa shape index (κ1) is 14.5. The van der Waals surface area contributed by atoms with Crippen molar-refractivity contribution in [3.8, 4) is 22.8 Å². The van der Waals surface area contributed by atoms with Crippen molar-refractivity contribution in [3.05, 3.63) is 42.0 Å². The van der Waals surface area contributed by atoms with Gasteiger partial charge in [-0.1, -0.05) is 0 Å². The number of hydrogen-bond donors (Lipinski definition) is 2. The number of benzene rings is 2. The van der Waals surface area contributed by atoms with Gasteiger partial charge in [0.2, 0.25) is 0 Å². The topological polar surface area (TPSA) is 87.7 Å². The quantitative estimate of drug-likeness (QED) is 0.757. The lowest BCUT2D eigenvalue weighted by molar-refractivity contribution is 0.473. The highest BCUT2D eigenvalue weighted by atomic mass is 32.2. The van der Waals surface area contributed by atoms with Crippen molar-refractivity contribution in [3.63, 3.8) is 0 Å². The molecule has 2 N–H and O–H groups in total. The van der Waals surface area contributed by atoms with E-state index in [4.69, 9.17) is 4.42 Å². The molecule has 0 atom stereocenters. The average molecular weight is 318 g/mol. The van der Waals surface area contributed by atoms with Gasteiger partial charge in [-0.3, -0.25) is 0 Å². The smallest absolute Gasteiger partial charge is 0.179 e. The number of rotatable bonds is 2. The van der Waals surface area contributed by atoms with E-state index in [1.54, 1.807) is 19.1 Å². The van der Waals surface area contributed by atoms with E-state index in [2.05, 4.69) is 0 Å². The van der Waals surface area contributed by atoms with Gasteiger partial charge in [-0.15, -0.1) is 0 Å². The van der Waals surface area contributed by atoms with Crippen molar-refractivity contribution in [1.82, 2.24) is 0 Å². The van der Waals surface area contributed by atoms with Gasteiger partial charge in [0.25, 0.3) is 0 Å². The number of furan rings is 1. The summed E-state index contributed by atoms with van der Waals surface area (Å²) in [6.45, 7) is 1.79. The van der Waals surface area contributed by atoms with E-state index in [-0.39, 0.29) is 22.0 Å². The maximum atomic E-state index is 11.9. The van der Waals surface area contributed by atoms with E-state index in [0.717, 1.165) is 11.8 Å². The Morgan fingerprint density at radius 1 is 1.00 bits per heavy atom. The Morgan fingerprint density at radius 3 is 2.23 bits per heavy atom. The van der Waals surface area contributed by atoms with E-state index < -0.39 is 9.84 Å². The van der Waals surface area contributed by atoms with Crippen LogP contribution in [0.2, 0.25) is 0 Å². The zero-order valence-electron chi connectivity index (χ0n) is 12.0. The summed E-state index contributed by atoms with van der Waals surface area (Å²) in [5.41, 5.74) is 1.66. The summed E-state index contributed by atoms with van der Waals surface area (Å²) in [6, 6.07) is 9.07. The van der Waals surface area contributed by atoms with Gasteiger partial charge in [-0.05, 0) is 37.3 Å². The molecule has 0 fully saturated rings. The zero-order chi connectivity index (χ0) is 16.1. The Morgan fingerprint density at radius 2 is 1.64 bits per heavy atom. The lowest BCUT2D eigenvalue weighted by atomic mass is 10.1. The predicted octanol–water partition coefficient (Wildman–Crippen LogP) is 3.22. The van der Waals surface area contributed by atoms with Gasteiger partial charge in [-0.25, -0.2) is 8.42 Å². The van der Waals surface area contributed by atoms with Crippen molar-refractivity contribution in [1.29, 1.82) is 0 Å². The molecule has 22 heavy (non-hydrogen) atoms. The molecule has 0 aliphatic rings. The van der Waals surface area contributed by atoms with Gasteiger partial charge >= 0.3 is 0 Å². The number of aryl methyl sites for hydroxylation is 1. The van der Waals surface area contributed by atoms with Crippen LogP contribution in [0.3, 0.4) is 0 Å². The molecule has 3 aromatic rings. The molecule has 0 unspecified atom stereocenters. The summed E-state index contributed by atoms with van der Waals surface area (Å²) in [4.78, 5) is -0.0457. The highest BCUT2D eigenvalue weighted by molar-refractivity contribution is 7.91. The summed E-state index contributed by atoms with van der Waals surface area (Å²) in [7, 11) is -3.54. The monoisotopic (exact) mass is 318 g/mol. The standard InChI is InChI=1S/C16H14O5S/c1-9-13-7-12(18)8-14(22(2,19)20)16(13)21-15(9)10-3-5-11(17)6-4-10/h3-8,17-18H,1-2H3. The maximum absolute atomic E-state index is 11.9. The lowest BCUT2D eigenvalue weighted by Gasteiger charge is -2.01. The van der Waals surface area contributed by atoms with Crippen molar-refractivity contribution in [2.24, 2.45) is 0 Å². The molecular formula is C16H14O5S. The molecule has 0 radical (unpaired) electrons. The van der Waals surface area contributed by atoms with Gasteiger partial charge in [0.05, 0.1) is 0 Å². The SMILES string of the molecule is Cc1c(-c2ccc(O)cc2)oc2c(S(C)(=O)=O)cc(O)cc12. The van der Waals surface area contributed by atoms with E-state index >= 15 is 0 Å². The van der Waals surface area contributed by atoms with Crippen LogP contribution in [0, 0.1) is 6.92 Å².